The van der Waals surface area contributed by atoms with Gasteiger partial charge in [-0.05, 0) is 49.4 Å². The molecule has 0 N–H and O–H groups in total. The normalized spacial score (nSPS) is 10.2. The zero-order valence-corrected chi connectivity index (χ0v) is 12.3. The van der Waals surface area contributed by atoms with Gasteiger partial charge in [0.05, 0.1) is 12.6 Å². The first-order valence-corrected chi connectivity index (χ1v) is 6.83. The molecule has 0 unspecified atom stereocenters. The number of hydrogen-bond donors (Lipinski definition) is 0. The van der Waals surface area contributed by atoms with Gasteiger partial charge < -0.3 is 9.47 Å². The molecule has 0 saturated carbocycles. The zero-order valence-electron chi connectivity index (χ0n) is 12.3. The van der Waals surface area contributed by atoms with Crippen LogP contribution in [0.15, 0.2) is 48.5 Å². The van der Waals surface area contributed by atoms with Crippen LogP contribution in [-0.2, 0) is 0 Å². The zero-order chi connectivity index (χ0) is 15.5. The molecule has 0 aliphatic carbocycles. The Bertz CT molecular complexity index is 865. The number of aromatic nitrogens is 1. The Labute approximate surface area is 128 Å². The summed E-state index contributed by atoms with van der Waals surface area (Å²) in [7, 11) is 1.61. The largest absolute Gasteiger partial charge is 0.497 e. The summed E-state index contributed by atoms with van der Waals surface area (Å²) in [6.07, 6.45) is 0. The van der Waals surface area contributed by atoms with E-state index >= 15 is 0 Å². The van der Waals surface area contributed by atoms with Gasteiger partial charge in [0.25, 0.3) is 0 Å². The molecule has 22 heavy (non-hydrogen) atoms. The SMILES string of the molecule is COc1ccc(Oc2nc3ccc(C)cc3cc2C#N)cc1. The van der Waals surface area contributed by atoms with Crippen molar-refractivity contribution in [2.24, 2.45) is 0 Å². The summed E-state index contributed by atoms with van der Waals surface area (Å²) in [4.78, 5) is 4.45. The smallest absolute Gasteiger partial charge is 0.237 e. The fourth-order valence-corrected chi connectivity index (χ4v) is 2.19. The first kappa shape index (κ1) is 13.9. The Kier molecular flexibility index (Phi) is 3.63. The van der Waals surface area contributed by atoms with Crippen molar-refractivity contribution in [3.63, 3.8) is 0 Å². The number of methoxy groups -OCH3 is 1. The number of nitrogens with zero attached hydrogens (tertiary/aromatic N) is 2. The van der Waals surface area contributed by atoms with Crippen LogP contribution >= 0.6 is 0 Å². The van der Waals surface area contributed by atoms with Crippen LogP contribution in [0.2, 0.25) is 0 Å². The van der Waals surface area contributed by atoms with E-state index in [1.807, 2.05) is 25.1 Å². The average Bonchev–Trinajstić information content (AvgIpc) is 2.55. The highest BCUT2D eigenvalue weighted by atomic mass is 16.5. The molecule has 4 nitrogen and oxygen atoms in total. The van der Waals surface area contributed by atoms with Crippen LogP contribution in [0.25, 0.3) is 10.9 Å². The molecule has 1 aromatic heterocycles. The predicted octanol–water partition coefficient (Wildman–Crippen LogP) is 4.22. The number of hydrogen-bond acceptors (Lipinski definition) is 4. The molecular weight excluding hydrogens is 276 g/mol. The van der Waals surface area contributed by atoms with E-state index < -0.39 is 0 Å². The van der Waals surface area contributed by atoms with E-state index in [9.17, 15) is 5.26 Å². The molecular formula is C18H14N2O2. The van der Waals surface area contributed by atoms with Gasteiger partial charge >= 0.3 is 0 Å². The lowest BCUT2D eigenvalue weighted by molar-refractivity contribution is 0.412. The first-order valence-electron chi connectivity index (χ1n) is 6.83. The Hall–Kier alpha value is -3.06. The van der Waals surface area contributed by atoms with Crippen LogP contribution in [-0.4, -0.2) is 12.1 Å². The molecule has 0 amide bonds. The molecule has 2 aromatic carbocycles. The molecule has 108 valence electrons. The molecule has 0 bridgehead atoms. The average molecular weight is 290 g/mol. The standard InChI is InChI=1S/C18H14N2O2/c1-12-3-8-17-13(9-12)10-14(11-19)18(20-17)22-16-6-4-15(21-2)5-7-16/h3-10H,1-2H3. The van der Waals surface area contributed by atoms with E-state index in [4.69, 9.17) is 9.47 Å². The molecule has 3 rings (SSSR count). The van der Waals surface area contributed by atoms with E-state index in [-0.39, 0.29) is 0 Å². The fourth-order valence-electron chi connectivity index (χ4n) is 2.19. The highest BCUT2D eigenvalue weighted by Crippen LogP contribution is 2.28. The molecule has 0 aliphatic rings. The van der Waals surface area contributed by atoms with Crippen LogP contribution in [0.1, 0.15) is 11.1 Å². The summed E-state index contributed by atoms with van der Waals surface area (Å²) in [5, 5.41) is 10.2. The van der Waals surface area contributed by atoms with Crippen LogP contribution in [0, 0.1) is 18.3 Å². The van der Waals surface area contributed by atoms with Gasteiger partial charge in [-0.3, -0.25) is 0 Å². The number of aryl methyl sites for hydroxylation is 1. The van der Waals surface area contributed by atoms with Crippen molar-refractivity contribution in [1.82, 2.24) is 4.98 Å². The summed E-state index contributed by atoms with van der Waals surface area (Å²) in [6, 6.07) is 17.0. The van der Waals surface area contributed by atoms with Crippen molar-refractivity contribution in [3.8, 4) is 23.4 Å². The van der Waals surface area contributed by atoms with Crippen LogP contribution in [0.5, 0.6) is 17.4 Å². The van der Waals surface area contributed by atoms with Crippen molar-refractivity contribution in [3.05, 3.63) is 59.7 Å². The van der Waals surface area contributed by atoms with E-state index in [1.165, 1.54) is 0 Å². The Morgan fingerprint density at radius 1 is 1.00 bits per heavy atom. The number of fused-ring (bicyclic) bond motifs is 1. The second kappa shape index (κ2) is 5.74. The van der Waals surface area contributed by atoms with E-state index in [2.05, 4.69) is 11.1 Å². The molecule has 0 fully saturated rings. The fraction of sp³-hybridized carbons (Fsp3) is 0.111. The number of rotatable bonds is 3. The molecule has 0 atom stereocenters. The van der Waals surface area contributed by atoms with Crippen molar-refractivity contribution < 1.29 is 9.47 Å². The number of ether oxygens (including phenoxy) is 2. The van der Waals surface area contributed by atoms with Crippen molar-refractivity contribution in [1.29, 1.82) is 5.26 Å². The topological polar surface area (TPSA) is 55.1 Å². The summed E-state index contributed by atoms with van der Waals surface area (Å²) in [5.41, 5.74) is 2.34. The Morgan fingerprint density at radius 2 is 1.73 bits per heavy atom. The number of nitriles is 1. The minimum atomic E-state index is 0.309. The van der Waals surface area contributed by atoms with Crippen LogP contribution < -0.4 is 9.47 Å². The predicted molar refractivity (Wildman–Crippen MR) is 84.3 cm³/mol. The maximum absolute atomic E-state index is 9.32. The lowest BCUT2D eigenvalue weighted by atomic mass is 10.1. The maximum atomic E-state index is 9.32. The monoisotopic (exact) mass is 290 g/mol. The van der Waals surface area contributed by atoms with E-state index in [0.717, 1.165) is 22.2 Å². The van der Waals surface area contributed by atoms with Gasteiger partial charge in [0, 0.05) is 5.39 Å². The summed E-state index contributed by atoms with van der Waals surface area (Å²) in [5.74, 6) is 1.66. The van der Waals surface area contributed by atoms with E-state index in [1.54, 1.807) is 37.4 Å². The van der Waals surface area contributed by atoms with Gasteiger partial charge in [0.1, 0.15) is 23.1 Å². The summed E-state index contributed by atoms with van der Waals surface area (Å²) in [6.45, 7) is 2.01. The Balaban J connectivity index is 2.01. The van der Waals surface area contributed by atoms with Crippen LogP contribution in [0.4, 0.5) is 0 Å². The first-order chi connectivity index (χ1) is 10.7. The van der Waals surface area contributed by atoms with E-state index in [0.29, 0.717) is 17.2 Å². The highest BCUT2D eigenvalue weighted by Gasteiger charge is 2.09. The molecule has 0 radical (unpaired) electrons. The lowest BCUT2D eigenvalue weighted by Crippen LogP contribution is -1.93. The van der Waals surface area contributed by atoms with Crippen molar-refractivity contribution in [2.75, 3.05) is 7.11 Å². The van der Waals surface area contributed by atoms with Gasteiger partial charge in [-0.2, -0.15) is 5.26 Å². The summed E-state index contributed by atoms with van der Waals surface area (Å²) < 4.78 is 10.9. The van der Waals surface area contributed by atoms with Gasteiger partial charge in [0.2, 0.25) is 5.88 Å². The van der Waals surface area contributed by atoms with Crippen molar-refractivity contribution >= 4 is 10.9 Å². The quantitative estimate of drug-likeness (QED) is 0.725. The molecule has 1 heterocycles. The molecule has 0 spiro atoms. The van der Waals surface area contributed by atoms with Gasteiger partial charge in [-0.25, -0.2) is 4.98 Å². The second-order valence-corrected chi connectivity index (χ2v) is 4.93. The van der Waals surface area contributed by atoms with Gasteiger partial charge in [0.15, 0.2) is 0 Å². The van der Waals surface area contributed by atoms with Crippen molar-refractivity contribution in [2.45, 2.75) is 6.92 Å². The minimum absolute atomic E-state index is 0.309. The highest BCUT2D eigenvalue weighted by molar-refractivity contribution is 5.81. The van der Waals surface area contributed by atoms with Gasteiger partial charge in [-0.15, -0.1) is 0 Å². The van der Waals surface area contributed by atoms with Gasteiger partial charge in [-0.1, -0.05) is 11.6 Å². The molecule has 4 heteroatoms. The third kappa shape index (κ3) is 2.70. The molecule has 0 aliphatic heterocycles. The maximum Gasteiger partial charge on any atom is 0.237 e. The Morgan fingerprint density at radius 3 is 2.41 bits per heavy atom. The van der Waals surface area contributed by atoms with Crippen LogP contribution in [0.3, 0.4) is 0 Å². The molecule has 3 aromatic rings. The number of pyridine rings is 1. The summed E-state index contributed by atoms with van der Waals surface area (Å²) >= 11 is 0. The lowest BCUT2D eigenvalue weighted by Gasteiger charge is -2.09. The molecule has 0 saturated heterocycles. The second-order valence-electron chi connectivity index (χ2n) is 4.93. The number of benzene rings is 2. The third-order valence-corrected chi connectivity index (χ3v) is 3.33. The minimum Gasteiger partial charge on any atom is -0.497 e. The third-order valence-electron chi connectivity index (χ3n) is 3.33.